The van der Waals surface area contributed by atoms with Gasteiger partial charge < -0.3 is 19.6 Å². The van der Waals surface area contributed by atoms with Gasteiger partial charge in [0.05, 0.1) is 25.4 Å². The Morgan fingerprint density at radius 3 is 2.56 bits per heavy atom. The minimum absolute atomic E-state index is 0.519. The molecule has 0 amide bonds. The summed E-state index contributed by atoms with van der Waals surface area (Å²) in [5.74, 6) is 1.75. The molecule has 1 aliphatic heterocycles. The van der Waals surface area contributed by atoms with E-state index in [0.717, 1.165) is 43.4 Å². The van der Waals surface area contributed by atoms with E-state index in [2.05, 4.69) is 41.4 Å². The van der Waals surface area contributed by atoms with Crippen LogP contribution < -0.4 is 5.32 Å². The van der Waals surface area contributed by atoms with Crippen LogP contribution in [0.2, 0.25) is 0 Å². The summed E-state index contributed by atoms with van der Waals surface area (Å²) in [4.78, 5) is 2.24. The second-order valence-electron chi connectivity index (χ2n) is 7.12. The van der Waals surface area contributed by atoms with Crippen LogP contribution >= 0.6 is 0 Å². The predicted molar refractivity (Wildman–Crippen MR) is 98.5 cm³/mol. The van der Waals surface area contributed by atoms with Gasteiger partial charge in [-0.3, -0.25) is 4.90 Å². The van der Waals surface area contributed by atoms with Gasteiger partial charge in [-0.05, 0) is 26.0 Å². The van der Waals surface area contributed by atoms with Crippen LogP contribution in [0.15, 0.2) is 40.8 Å². The van der Waals surface area contributed by atoms with Gasteiger partial charge in [-0.25, -0.2) is 0 Å². The van der Waals surface area contributed by atoms with Crippen LogP contribution in [-0.4, -0.2) is 55.0 Å². The number of morpholine rings is 1. The van der Waals surface area contributed by atoms with Gasteiger partial charge in [0.2, 0.25) is 0 Å². The highest BCUT2D eigenvalue weighted by atomic mass is 16.5. The highest BCUT2D eigenvalue weighted by Crippen LogP contribution is 2.22. The Morgan fingerprint density at radius 2 is 1.84 bits per heavy atom. The molecule has 0 spiro atoms. The van der Waals surface area contributed by atoms with Gasteiger partial charge in [0.1, 0.15) is 11.5 Å². The third-order valence-electron chi connectivity index (χ3n) is 4.47. The summed E-state index contributed by atoms with van der Waals surface area (Å²) in [6.07, 6.45) is 0. The molecule has 1 aliphatic rings. The topological polar surface area (TPSA) is 57.9 Å². The molecule has 5 heteroatoms. The zero-order valence-corrected chi connectivity index (χ0v) is 15.1. The molecule has 0 radical (unpaired) electrons. The second-order valence-corrected chi connectivity index (χ2v) is 7.12. The SMILES string of the molecule is Cc1ccc(-c2ccc(CNCC(C)(O)CN3CCOCC3)o2)cc1. The van der Waals surface area contributed by atoms with Crippen molar-refractivity contribution in [2.75, 3.05) is 39.4 Å². The lowest BCUT2D eigenvalue weighted by atomic mass is 10.1. The van der Waals surface area contributed by atoms with E-state index in [1.807, 2.05) is 19.1 Å². The van der Waals surface area contributed by atoms with Crippen molar-refractivity contribution in [2.24, 2.45) is 0 Å². The number of aryl methyl sites for hydroxylation is 1. The number of ether oxygens (including phenoxy) is 1. The van der Waals surface area contributed by atoms with Crippen molar-refractivity contribution in [1.29, 1.82) is 0 Å². The van der Waals surface area contributed by atoms with Gasteiger partial charge in [-0.2, -0.15) is 0 Å². The van der Waals surface area contributed by atoms with Crippen LogP contribution in [0, 0.1) is 6.92 Å². The summed E-state index contributed by atoms with van der Waals surface area (Å²) in [7, 11) is 0. The summed E-state index contributed by atoms with van der Waals surface area (Å²) >= 11 is 0. The van der Waals surface area contributed by atoms with Crippen molar-refractivity contribution in [1.82, 2.24) is 10.2 Å². The zero-order chi connectivity index (χ0) is 17.7. The van der Waals surface area contributed by atoms with Gasteiger partial charge in [0, 0.05) is 31.7 Å². The first-order chi connectivity index (χ1) is 12.0. The molecule has 1 fully saturated rings. The smallest absolute Gasteiger partial charge is 0.134 e. The van der Waals surface area contributed by atoms with E-state index in [9.17, 15) is 5.11 Å². The molecule has 1 saturated heterocycles. The summed E-state index contributed by atoms with van der Waals surface area (Å²) in [5, 5.41) is 13.9. The average molecular weight is 344 g/mol. The highest BCUT2D eigenvalue weighted by Gasteiger charge is 2.24. The molecule has 1 aromatic carbocycles. The quantitative estimate of drug-likeness (QED) is 0.808. The van der Waals surface area contributed by atoms with Crippen molar-refractivity contribution in [3.05, 3.63) is 47.7 Å². The Bertz CT molecular complexity index is 658. The Hall–Kier alpha value is -1.66. The summed E-state index contributed by atoms with van der Waals surface area (Å²) in [6.45, 7) is 8.98. The Labute approximate surface area is 149 Å². The molecule has 1 aromatic heterocycles. The minimum Gasteiger partial charge on any atom is -0.460 e. The van der Waals surface area contributed by atoms with Crippen molar-refractivity contribution in [3.63, 3.8) is 0 Å². The Balaban J connectivity index is 1.47. The molecule has 25 heavy (non-hydrogen) atoms. The molecule has 0 aliphatic carbocycles. The molecule has 0 saturated carbocycles. The van der Waals surface area contributed by atoms with E-state index in [-0.39, 0.29) is 0 Å². The van der Waals surface area contributed by atoms with Gasteiger partial charge in [0.25, 0.3) is 0 Å². The van der Waals surface area contributed by atoms with Crippen molar-refractivity contribution in [2.45, 2.75) is 26.0 Å². The molecule has 0 bridgehead atoms. The summed E-state index contributed by atoms with van der Waals surface area (Å²) in [5.41, 5.74) is 1.54. The summed E-state index contributed by atoms with van der Waals surface area (Å²) < 4.78 is 11.3. The number of hydrogen-bond donors (Lipinski definition) is 2. The van der Waals surface area contributed by atoms with E-state index in [0.29, 0.717) is 19.6 Å². The molecule has 3 rings (SSSR count). The first-order valence-corrected chi connectivity index (χ1v) is 8.91. The second kappa shape index (κ2) is 8.15. The van der Waals surface area contributed by atoms with E-state index in [1.54, 1.807) is 0 Å². The monoisotopic (exact) mass is 344 g/mol. The largest absolute Gasteiger partial charge is 0.460 e. The van der Waals surface area contributed by atoms with Crippen LogP contribution in [0.4, 0.5) is 0 Å². The van der Waals surface area contributed by atoms with Crippen LogP contribution in [0.25, 0.3) is 11.3 Å². The minimum atomic E-state index is -0.774. The first kappa shape index (κ1) is 18.1. The van der Waals surface area contributed by atoms with E-state index in [1.165, 1.54) is 5.56 Å². The van der Waals surface area contributed by atoms with Gasteiger partial charge in [-0.1, -0.05) is 29.8 Å². The third-order valence-corrected chi connectivity index (χ3v) is 4.47. The van der Waals surface area contributed by atoms with E-state index >= 15 is 0 Å². The molecule has 2 N–H and O–H groups in total. The van der Waals surface area contributed by atoms with Gasteiger partial charge in [-0.15, -0.1) is 0 Å². The standard InChI is InChI=1S/C20H28N2O3/c1-16-3-5-17(6-4-16)19-8-7-18(25-19)13-21-14-20(2,23)15-22-9-11-24-12-10-22/h3-8,21,23H,9-15H2,1-2H3. The van der Waals surface area contributed by atoms with Gasteiger partial charge >= 0.3 is 0 Å². The lowest BCUT2D eigenvalue weighted by molar-refractivity contribution is -0.0220. The van der Waals surface area contributed by atoms with Crippen LogP contribution in [0.1, 0.15) is 18.2 Å². The lowest BCUT2D eigenvalue weighted by Gasteiger charge is -2.33. The highest BCUT2D eigenvalue weighted by molar-refractivity contribution is 5.57. The number of rotatable bonds is 7. The molecular weight excluding hydrogens is 316 g/mol. The van der Waals surface area contributed by atoms with Crippen LogP contribution in [0.3, 0.4) is 0 Å². The lowest BCUT2D eigenvalue weighted by Crippen LogP contribution is -2.50. The Morgan fingerprint density at radius 1 is 1.12 bits per heavy atom. The van der Waals surface area contributed by atoms with Crippen molar-refractivity contribution < 1.29 is 14.3 Å². The summed E-state index contributed by atoms with van der Waals surface area (Å²) in [6, 6.07) is 12.3. The fraction of sp³-hybridized carbons (Fsp3) is 0.500. The van der Waals surface area contributed by atoms with Crippen LogP contribution in [-0.2, 0) is 11.3 Å². The molecule has 2 heterocycles. The van der Waals surface area contributed by atoms with E-state index in [4.69, 9.17) is 9.15 Å². The number of aliphatic hydroxyl groups is 1. The molecule has 1 atom stereocenters. The molecule has 5 nitrogen and oxygen atoms in total. The predicted octanol–water partition coefficient (Wildman–Crippen LogP) is 2.43. The maximum atomic E-state index is 10.6. The van der Waals surface area contributed by atoms with Crippen LogP contribution in [0.5, 0.6) is 0 Å². The Kier molecular flexibility index (Phi) is 5.91. The number of β-amino-alcohol motifs (C(OH)–C–C–N with tert-alkyl or cyclic N) is 1. The maximum absolute atomic E-state index is 10.6. The molecule has 136 valence electrons. The number of nitrogens with zero attached hydrogens (tertiary/aromatic N) is 1. The fourth-order valence-electron chi connectivity index (χ4n) is 3.10. The first-order valence-electron chi connectivity index (χ1n) is 8.91. The molecular formula is C20H28N2O3. The van der Waals surface area contributed by atoms with Crippen molar-refractivity contribution in [3.8, 4) is 11.3 Å². The molecule has 1 unspecified atom stereocenters. The third kappa shape index (κ3) is 5.41. The fourth-order valence-corrected chi connectivity index (χ4v) is 3.10. The number of hydrogen-bond acceptors (Lipinski definition) is 5. The zero-order valence-electron chi connectivity index (χ0n) is 15.1. The van der Waals surface area contributed by atoms with E-state index < -0.39 is 5.60 Å². The van der Waals surface area contributed by atoms with Crippen molar-refractivity contribution >= 4 is 0 Å². The normalized spacial score (nSPS) is 18.2. The maximum Gasteiger partial charge on any atom is 0.134 e. The number of benzene rings is 1. The molecule has 2 aromatic rings. The number of nitrogens with one attached hydrogen (secondary N) is 1. The number of furan rings is 1. The van der Waals surface area contributed by atoms with Gasteiger partial charge in [0.15, 0.2) is 0 Å². The average Bonchev–Trinajstić information content (AvgIpc) is 3.04.